The lowest BCUT2D eigenvalue weighted by Gasteiger charge is -2.06. The minimum atomic E-state index is -1.31. The van der Waals surface area contributed by atoms with Gasteiger partial charge in [0.05, 0.1) is 5.69 Å². The molecule has 2 N–H and O–H groups in total. The largest absolute Gasteiger partial charge is 0.479 e. The zero-order valence-electron chi connectivity index (χ0n) is 10.2. The van der Waals surface area contributed by atoms with E-state index in [-0.39, 0.29) is 6.42 Å². The van der Waals surface area contributed by atoms with Gasteiger partial charge in [0.25, 0.3) is 0 Å². The molecule has 1 aromatic carbocycles. The lowest BCUT2D eigenvalue weighted by molar-refractivity contribution is -0.146. The van der Waals surface area contributed by atoms with Gasteiger partial charge in [0.2, 0.25) is 0 Å². The van der Waals surface area contributed by atoms with Crippen LogP contribution in [0.1, 0.15) is 12.0 Å². The number of rotatable bonds is 5. The van der Waals surface area contributed by atoms with Crippen molar-refractivity contribution in [3.8, 4) is 11.3 Å². The summed E-state index contributed by atoms with van der Waals surface area (Å²) < 4.78 is 0. The van der Waals surface area contributed by atoms with Crippen molar-refractivity contribution in [3.63, 3.8) is 0 Å². The molecule has 1 aromatic heterocycles. The number of hydrogen-bond acceptors (Lipinski definition) is 4. The lowest BCUT2D eigenvalue weighted by Crippen LogP contribution is -2.19. The van der Waals surface area contributed by atoms with Crippen LogP contribution in [0, 0.1) is 0 Å². The Morgan fingerprint density at radius 2 is 1.95 bits per heavy atom. The first-order chi connectivity index (χ1) is 9.16. The number of aliphatic hydroxyl groups is 1. The van der Waals surface area contributed by atoms with E-state index in [4.69, 9.17) is 5.11 Å². The number of aryl methyl sites for hydroxylation is 1. The molecule has 1 heterocycles. The monoisotopic (exact) mass is 258 g/mol. The van der Waals surface area contributed by atoms with Gasteiger partial charge in [0.1, 0.15) is 0 Å². The van der Waals surface area contributed by atoms with Crippen molar-refractivity contribution in [2.75, 3.05) is 0 Å². The van der Waals surface area contributed by atoms with Crippen molar-refractivity contribution >= 4 is 5.97 Å². The van der Waals surface area contributed by atoms with Gasteiger partial charge in [-0.3, -0.25) is 0 Å². The summed E-state index contributed by atoms with van der Waals surface area (Å²) in [5.41, 5.74) is 2.73. The standard InChI is InChI=1S/C14H14N2O3/c17-13(14(18)19)8-5-10-3-6-11(7-4-10)12-2-1-9-15-16-12/h1-4,6-7,9,13,17H,5,8H2,(H,18,19). The van der Waals surface area contributed by atoms with Gasteiger partial charge in [-0.2, -0.15) is 10.2 Å². The molecular formula is C14H14N2O3. The van der Waals surface area contributed by atoms with Crippen LogP contribution in [-0.2, 0) is 11.2 Å². The van der Waals surface area contributed by atoms with Crippen molar-refractivity contribution in [2.45, 2.75) is 18.9 Å². The average Bonchev–Trinajstić information content (AvgIpc) is 2.46. The van der Waals surface area contributed by atoms with Crippen LogP contribution in [0.3, 0.4) is 0 Å². The van der Waals surface area contributed by atoms with E-state index in [2.05, 4.69) is 10.2 Å². The van der Waals surface area contributed by atoms with E-state index in [1.807, 2.05) is 36.4 Å². The zero-order valence-corrected chi connectivity index (χ0v) is 10.2. The maximum atomic E-state index is 10.5. The Morgan fingerprint density at radius 1 is 1.21 bits per heavy atom. The van der Waals surface area contributed by atoms with E-state index < -0.39 is 12.1 Å². The molecular weight excluding hydrogens is 244 g/mol. The summed E-state index contributed by atoms with van der Waals surface area (Å²) in [6.45, 7) is 0. The van der Waals surface area contributed by atoms with E-state index in [9.17, 15) is 9.90 Å². The van der Waals surface area contributed by atoms with E-state index in [0.717, 1.165) is 16.8 Å². The molecule has 0 aliphatic heterocycles. The number of carbonyl (C=O) groups is 1. The summed E-state index contributed by atoms with van der Waals surface area (Å²) in [4.78, 5) is 10.5. The quantitative estimate of drug-likeness (QED) is 0.849. The number of carboxylic acids is 1. The van der Waals surface area contributed by atoms with Gasteiger partial charge >= 0.3 is 5.97 Å². The van der Waals surface area contributed by atoms with Crippen molar-refractivity contribution in [2.24, 2.45) is 0 Å². The van der Waals surface area contributed by atoms with Crippen LogP contribution in [0.2, 0.25) is 0 Å². The van der Waals surface area contributed by atoms with Crippen LogP contribution < -0.4 is 0 Å². The topological polar surface area (TPSA) is 83.3 Å². The maximum Gasteiger partial charge on any atom is 0.332 e. The highest BCUT2D eigenvalue weighted by Gasteiger charge is 2.12. The molecule has 5 heteroatoms. The number of aliphatic hydroxyl groups excluding tert-OH is 1. The Bertz CT molecular complexity index is 540. The normalized spacial score (nSPS) is 12.1. The molecule has 98 valence electrons. The summed E-state index contributed by atoms with van der Waals surface area (Å²) in [5.74, 6) is -1.18. The van der Waals surface area contributed by atoms with Crippen LogP contribution >= 0.6 is 0 Å². The van der Waals surface area contributed by atoms with Crippen LogP contribution in [0.4, 0.5) is 0 Å². The van der Waals surface area contributed by atoms with Crippen molar-refractivity contribution in [1.82, 2.24) is 10.2 Å². The Kier molecular flexibility index (Phi) is 4.20. The smallest absolute Gasteiger partial charge is 0.332 e. The summed E-state index contributed by atoms with van der Waals surface area (Å²) in [5, 5.41) is 25.6. The molecule has 0 amide bonds. The Labute approximate surface area is 110 Å². The summed E-state index contributed by atoms with van der Waals surface area (Å²) in [6, 6.07) is 11.3. The highest BCUT2D eigenvalue weighted by molar-refractivity contribution is 5.71. The molecule has 0 radical (unpaired) electrons. The molecule has 0 bridgehead atoms. The average molecular weight is 258 g/mol. The van der Waals surface area contributed by atoms with Crippen LogP contribution in [0.5, 0.6) is 0 Å². The number of aliphatic carboxylic acids is 1. The molecule has 1 atom stereocenters. The first-order valence-corrected chi connectivity index (χ1v) is 5.94. The highest BCUT2D eigenvalue weighted by atomic mass is 16.4. The predicted molar refractivity (Wildman–Crippen MR) is 69.4 cm³/mol. The number of carboxylic acid groups (broad SMARTS) is 1. The SMILES string of the molecule is O=C(O)C(O)CCc1ccc(-c2cccnn2)cc1. The summed E-state index contributed by atoms with van der Waals surface area (Å²) in [7, 11) is 0. The van der Waals surface area contributed by atoms with E-state index in [1.165, 1.54) is 0 Å². The van der Waals surface area contributed by atoms with Gasteiger partial charge in [-0.05, 0) is 30.5 Å². The molecule has 0 aliphatic rings. The first kappa shape index (κ1) is 13.2. The zero-order chi connectivity index (χ0) is 13.7. The molecule has 1 unspecified atom stereocenters. The van der Waals surface area contributed by atoms with Crippen LogP contribution in [0.25, 0.3) is 11.3 Å². The van der Waals surface area contributed by atoms with Gasteiger partial charge in [-0.1, -0.05) is 24.3 Å². The molecule has 0 spiro atoms. The van der Waals surface area contributed by atoms with Gasteiger partial charge in [0, 0.05) is 11.8 Å². The molecule has 2 rings (SSSR count). The fourth-order valence-electron chi connectivity index (χ4n) is 1.72. The third-order valence-corrected chi connectivity index (χ3v) is 2.81. The lowest BCUT2D eigenvalue weighted by atomic mass is 10.0. The van der Waals surface area contributed by atoms with E-state index in [1.54, 1.807) is 6.20 Å². The Morgan fingerprint density at radius 3 is 2.53 bits per heavy atom. The highest BCUT2D eigenvalue weighted by Crippen LogP contribution is 2.17. The molecule has 2 aromatic rings. The summed E-state index contributed by atoms with van der Waals surface area (Å²) in [6.07, 6.45) is 1.04. The summed E-state index contributed by atoms with van der Waals surface area (Å²) >= 11 is 0. The first-order valence-electron chi connectivity index (χ1n) is 5.94. The molecule has 0 fully saturated rings. The van der Waals surface area contributed by atoms with E-state index >= 15 is 0 Å². The number of nitrogens with zero attached hydrogens (tertiary/aromatic N) is 2. The third kappa shape index (κ3) is 3.59. The minimum Gasteiger partial charge on any atom is -0.479 e. The second-order valence-electron chi connectivity index (χ2n) is 4.20. The van der Waals surface area contributed by atoms with Crippen molar-refractivity contribution < 1.29 is 15.0 Å². The second-order valence-corrected chi connectivity index (χ2v) is 4.20. The fourth-order valence-corrected chi connectivity index (χ4v) is 1.72. The molecule has 0 aliphatic carbocycles. The predicted octanol–water partition coefficient (Wildman–Crippen LogP) is 1.52. The van der Waals surface area contributed by atoms with Gasteiger partial charge < -0.3 is 10.2 Å². The molecule has 5 nitrogen and oxygen atoms in total. The van der Waals surface area contributed by atoms with Gasteiger partial charge in [-0.15, -0.1) is 0 Å². The number of aromatic nitrogens is 2. The van der Waals surface area contributed by atoms with Crippen LogP contribution in [-0.4, -0.2) is 32.5 Å². The third-order valence-electron chi connectivity index (χ3n) is 2.81. The van der Waals surface area contributed by atoms with Gasteiger partial charge in [-0.25, -0.2) is 4.79 Å². The van der Waals surface area contributed by atoms with Crippen LogP contribution in [0.15, 0.2) is 42.6 Å². The Hall–Kier alpha value is -2.27. The fraction of sp³-hybridized carbons (Fsp3) is 0.214. The second kappa shape index (κ2) is 6.06. The van der Waals surface area contributed by atoms with E-state index in [0.29, 0.717) is 6.42 Å². The molecule has 0 saturated carbocycles. The molecule has 0 saturated heterocycles. The Balaban J connectivity index is 2.01. The maximum absolute atomic E-state index is 10.5. The molecule has 19 heavy (non-hydrogen) atoms. The number of benzene rings is 1. The minimum absolute atomic E-state index is 0.208. The van der Waals surface area contributed by atoms with Gasteiger partial charge in [0.15, 0.2) is 6.10 Å². The number of hydrogen-bond donors (Lipinski definition) is 2. The van der Waals surface area contributed by atoms with Crippen molar-refractivity contribution in [1.29, 1.82) is 0 Å². The van der Waals surface area contributed by atoms with Crippen molar-refractivity contribution in [3.05, 3.63) is 48.2 Å².